The zero-order valence-corrected chi connectivity index (χ0v) is 26.8. The Balaban J connectivity index is 0.000000114. The fraction of sp³-hybridized carbons (Fsp3) is 1.00. The molecule has 0 spiro atoms. The lowest BCUT2D eigenvalue weighted by Crippen LogP contribution is -2.55. The Kier molecular flexibility index (Phi) is 8.05. The van der Waals surface area contributed by atoms with E-state index in [1.54, 1.807) is 38.5 Å². The van der Waals surface area contributed by atoms with Gasteiger partial charge in [0.05, 0.1) is 0 Å². The molecule has 0 heterocycles. The highest BCUT2D eigenvalue weighted by molar-refractivity contribution is 5.05. The molecule has 10 saturated carbocycles. The summed E-state index contributed by atoms with van der Waals surface area (Å²) in [6.45, 7) is 22.0. The summed E-state index contributed by atoms with van der Waals surface area (Å²) in [5, 5.41) is 0. The molecular formula is C37H66. The number of hydrogen-bond donors (Lipinski definition) is 0. The van der Waals surface area contributed by atoms with Crippen LogP contribution in [0.15, 0.2) is 0 Å². The Bertz CT molecular complexity index is 708. The maximum absolute atomic E-state index is 2.49. The molecule has 10 aliphatic carbocycles. The molecule has 0 amide bonds. The van der Waals surface area contributed by atoms with E-state index in [2.05, 4.69) is 62.3 Å². The lowest BCUT2D eigenvalue weighted by Gasteiger charge is -2.63. The largest absolute Gasteiger partial charge is 0.0625 e. The van der Waals surface area contributed by atoms with Gasteiger partial charge in [0.15, 0.2) is 0 Å². The third-order valence-corrected chi connectivity index (χ3v) is 15.0. The van der Waals surface area contributed by atoms with Crippen LogP contribution < -0.4 is 0 Å². The third kappa shape index (κ3) is 5.25. The highest BCUT2D eigenvalue weighted by atomic mass is 14.6. The van der Waals surface area contributed by atoms with Gasteiger partial charge in [0.2, 0.25) is 0 Å². The van der Waals surface area contributed by atoms with Crippen LogP contribution in [0.2, 0.25) is 0 Å². The Labute approximate surface area is 233 Å². The predicted octanol–water partition coefficient (Wildman–Crippen LogP) is 11.4. The van der Waals surface area contributed by atoms with E-state index in [1.165, 1.54) is 51.4 Å². The molecule has 10 fully saturated rings. The van der Waals surface area contributed by atoms with Crippen molar-refractivity contribution in [2.75, 3.05) is 0 Å². The van der Waals surface area contributed by atoms with Gasteiger partial charge in [-0.15, -0.1) is 0 Å². The van der Waals surface area contributed by atoms with E-state index in [0.717, 1.165) is 75.9 Å². The first-order valence-electron chi connectivity index (χ1n) is 17.3. The molecule has 8 bridgehead atoms. The monoisotopic (exact) mass is 511 g/mol. The molecule has 0 aliphatic heterocycles. The van der Waals surface area contributed by atoms with Gasteiger partial charge in [-0.05, 0) is 171 Å². The molecular weight excluding hydrogens is 444 g/mol. The van der Waals surface area contributed by atoms with Gasteiger partial charge in [-0.2, -0.15) is 0 Å². The molecule has 0 radical (unpaired) electrons. The Hall–Kier alpha value is 0. The van der Waals surface area contributed by atoms with Crippen LogP contribution in [-0.4, -0.2) is 0 Å². The lowest BCUT2D eigenvalue weighted by atomic mass is 9.42. The second-order valence-electron chi connectivity index (χ2n) is 17.8. The van der Waals surface area contributed by atoms with Gasteiger partial charge < -0.3 is 0 Å². The Morgan fingerprint density at radius 2 is 1.03 bits per heavy atom. The summed E-state index contributed by atoms with van der Waals surface area (Å²) < 4.78 is 0. The van der Waals surface area contributed by atoms with Gasteiger partial charge >= 0.3 is 0 Å². The minimum atomic E-state index is 0.671. The van der Waals surface area contributed by atoms with E-state index in [9.17, 15) is 0 Å². The average molecular weight is 511 g/mol. The van der Waals surface area contributed by atoms with Crippen molar-refractivity contribution in [1.29, 1.82) is 0 Å². The smallest absolute Gasteiger partial charge is 0.0267 e. The second-order valence-corrected chi connectivity index (χ2v) is 17.8. The average Bonchev–Trinajstić information content (AvgIpc) is 2.84. The molecule has 0 N–H and O–H groups in total. The van der Waals surface area contributed by atoms with Crippen molar-refractivity contribution in [3.63, 3.8) is 0 Å². The molecule has 4 unspecified atom stereocenters. The minimum absolute atomic E-state index is 0.671. The van der Waals surface area contributed by atoms with Crippen molar-refractivity contribution in [2.45, 2.75) is 152 Å². The van der Waals surface area contributed by atoms with E-state index < -0.39 is 0 Å². The van der Waals surface area contributed by atoms with Crippen LogP contribution in [-0.2, 0) is 0 Å². The van der Waals surface area contributed by atoms with Crippen LogP contribution >= 0.6 is 0 Å². The number of fused-ring (bicyclic) bond motifs is 5. The summed E-state index contributed by atoms with van der Waals surface area (Å²) in [4.78, 5) is 0. The molecule has 214 valence electrons. The van der Waals surface area contributed by atoms with Crippen LogP contribution in [0.4, 0.5) is 0 Å². The van der Waals surface area contributed by atoms with E-state index in [0.29, 0.717) is 5.41 Å². The number of hydrogen-bond acceptors (Lipinski definition) is 0. The summed E-state index contributed by atoms with van der Waals surface area (Å²) in [6.07, 6.45) is 21.8. The molecule has 0 aromatic rings. The molecule has 0 nitrogen and oxygen atoms in total. The highest BCUT2D eigenvalue weighted by Gasteiger charge is 2.56. The quantitative estimate of drug-likeness (QED) is 0.354. The van der Waals surface area contributed by atoms with Gasteiger partial charge in [-0.1, -0.05) is 62.3 Å². The molecule has 4 atom stereocenters. The van der Waals surface area contributed by atoms with Crippen LogP contribution in [0.1, 0.15) is 152 Å². The fourth-order valence-corrected chi connectivity index (χ4v) is 12.1. The van der Waals surface area contributed by atoms with Gasteiger partial charge in [-0.3, -0.25) is 0 Å². The molecule has 10 aliphatic rings. The van der Waals surface area contributed by atoms with Gasteiger partial charge in [0, 0.05) is 0 Å². The van der Waals surface area contributed by atoms with E-state index in [-0.39, 0.29) is 0 Å². The first-order chi connectivity index (χ1) is 17.3. The predicted molar refractivity (Wildman–Crippen MR) is 161 cm³/mol. The van der Waals surface area contributed by atoms with Crippen LogP contribution in [0.25, 0.3) is 0 Å². The van der Waals surface area contributed by atoms with Crippen molar-refractivity contribution in [3.8, 4) is 0 Å². The molecule has 0 saturated heterocycles. The maximum Gasteiger partial charge on any atom is -0.0267 e. The fourth-order valence-electron chi connectivity index (χ4n) is 12.1. The van der Waals surface area contributed by atoms with Gasteiger partial charge in [0.1, 0.15) is 0 Å². The van der Waals surface area contributed by atoms with Crippen molar-refractivity contribution in [1.82, 2.24) is 0 Å². The molecule has 0 aromatic heterocycles. The van der Waals surface area contributed by atoms with E-state index >= 15 is 0 Å². The minimum Gasteiger partial charge on any atom is -0.0625 e. The highest BCUT2D eigenvalue weighted by Crippen LogP contribution is 2.64. The normalized spacial score (nSPS) is 48.3. The van der Waals surface area contributed by atoms with E-state index in [1.807, 2.05) is 0 Å². The third-order valence-electron chi connectivity index (χ3n) is 15.0. The Morgan fingerprint density at radius 3 is 1.35 bits per heavy atom. The van der Waals surface area contributed by atoms with Crippen molar-refractivity contribution in [3.05, 3.63) is 0 Å². The summed E-state index contributed by atoms with van der Waals surface area (Å²) in [5.41, 5.74) is 2.26. The standard InChI is InChI=1S/C13H22.C13H24.C11H20/c1-9(2)13-6-10-3-11(7-13)5-12(4-10)8-13;1-8(2)11-6-10-7-12(9(11)3)13(10,4)5;1-9(2)11-6-3-10(4-7-11)5-8-11/h9-12H,3-8H2,1-2H3;8-12H,6-7H2,1-5H3;9-10H,3-8H2,1-2H3. The topological polar surface area (TPSA) is 0 Å². The zero-order chi connectivity index (χ0) is 26.8. The van der Waals surface area contributed by atoms with Gasteiger partial charge in [0.25, 0.3) is 0 Å². The maximum atomic E-state index is 2.49. The van der Waals surface area contributed by atoms with Crippen LogP contribution in [0.5, 0.6) is 0 Å². The van der Waals surface area contributed by atoms with Crippen molar-refractivity contribution in [2.24, 2.45) is 81.3 Å². The summed E-state index contributed by atoms with van der Waals surface area (Å²) in [5.74, 6) is 11.4. The SMILES string of the molecule is CC(C)C12CC3CC(CC(C3)C1)C2.CC(C)C12CCC(CC1)CC2.CC(C)C1CC2CC(C1C)C2(C)C. The van der Waals surface area contributed by atoms with Gasteiger partial charge in [-0.25, -0.2) is 0 Å². The zero-order valence-electron chi connectivity index (χ0n) is 26.8. The molecule has 10 rings (SSSR count). The Morgan fingerprint density at radius 1 is 0.568 bits per heavy atom. The molecule has 0 heteroatoms. The lowest BCUT2D eigenvalue weighted by molar-refractivity contribution is -0.137. The van der Waals surface area contributed by atoms with Crippen molar-refractivity contribution >= 4 is 0 Å². The van der Waals surface area contributed by atoms with Crippen molar-refractivity contribution < 1.29 is 0 Å². The molecule has 0 aromatic carbocycles. The van der Waals surface area contributed by atoms with Crippen LogP contribution in [0, 0.1) is 81.3 Å². The molecule has 37 heavy (non-hydrogen) atoms. The number of rotatable bonds is 3. The van der Waals surface area contributed by atoms with Crippen LogP contribution in [0.3, 0.4) is 0 Å². The first kappa shape index (κ1) is 28.5. The van der Waals surface area contributed by atoms with E-state index in [4.69, 9.17) is 0 Å². The summed E-state index contributed by atoms with van der Waals surface area (Å²) in [7, 11) is 0. The summed E-state index contributed by atoms with van der Waals surface area (Å²) >= 11 is 0. The summed E-state index contributed by atoms with van der Waals surface area (Å²) in [6, 6.07) is 0. The second kappa shape index (κ2) is 10.4. The first-order valence-corrected chi connectivity index (χ1v) is 17.3.